The molecule has 1 aromatic heterocycles. The number of nitrogens with zero attached hydrogens (tertiary/aromatic N) is 3. The van der Waals surface area contributed by atoms with Gasteiger partial charge in [-0.25, -0.2) is 14.4 Å². The van der Waals surface area contributed by atoms with E-state index >= 15 is 0 Å². The molecule has 7 heteroatoms. The topological polar surface area (TPSA) is 58.1 Å². The van der Waals surface area contributed by atoms with Crippen LogP contribution in [0.2, 0.25) is 5.02 Å². The lowest BCUT2D eigenvalue weighted by atomic mass is 10.0. The number of amides is 1. The number of halogens is 2. The Bertz CT molecular complexity index is 875. The van der Waals surface area contributed by atoms with E-state index in [1.165, 1.54) is 23.8 Å². The zero-order valence-electron chi connectivity index (χ0n) is 14.6. The van der Waals surface area contributed by atoms with Gasteiger partial charge in [0.15, 0.2) is 0 Å². The maximum atomic E-state index is 13.5. The zero-order valence-corrected chi connectivity index (χ0v) is 15.3. The summed E-state index contributed by atoms with van der Waals surface area (Å²) in [7, 11) is 0. The highest BCUT2D eigenvalue weighted by atomic mass is 35.5. The molecule has 1 amide bonds. The second kappa shape index (κ2) is 6.50. The fourth-order valence-electron chi connectivity index (χ4n) is 3.87. The molecule has 5 nitrogen and oxygen atoms in total. The molecule has 2 aromatic rings. The Hall–Kier alpha value is -2.21. The number of rotatable bonds is 3. The average molecular weight is 375 g/mol. The number of benzene rings is 1. The summed E-state index contributed by atoms with van der Waals surface area (Å²) in [5.41, 5.74) is 2.10. The number of hydrogen-bond acceptors (Lipinski definition) is 4. The molecule has 1 unspecified atom stereocenters. The van der Waals surface area contributed by atoms with Crippen LogP contribution in [0.25, 0.3) is 0 Å². The lowest BCUT2D eigenvalue weighted by Gasteiger charge is -2.27. The van der Waals surface area contributed by atoms with Crippen LogP contribution in [0.5, 0.6) is 0 Å². The van der Waals surface area contributed by atoms with Gasteiger partial charge < -0.3 is 10.2 Å². The molecule has 1 atom stereocenters. The molecule has 0 bridgehead atoms. The van der Waals surface area contributed by atoms with Crippen molar-refractivity contribution in [3.05, 3.63) is 52.2 Å². The van der Waals surface area contributed by atoms with Crippen LogP contribution in [0.3, 0.4) is 0 Å². The number of aromatic nitrogens is 2. The number of carbonyl (C=O) groups excluding carboxylic acids is 1. The average Bonchev–Trinajstić information content (AvgIpc) is 3.23. The quantitative estimate of drug-likeness (QED) is 0.896. The van der Waals surface area contributed by atoms with Gasteiger partial charge in [-0.3, -0.25) is 4.79 Å². The van der Waals surface area contributed by atoms with Gasteiger partial charge in [0.2, 0.25) is 0 Å². The van der Waals surface area contributed by atoms with E-state index in [9.17, 15) is 9.18 Å². The normalized spacial score (nSPS) is 21.7. The second-order valence-electron chi connectivity index (χ2n) is 7.29. The van der Waals surface area contributed by atoms with Gasteiger partial charge in [-0.05, 0) is 50.8 Å². The van der Waals surface area contributed by atoms with Gasteiger partial charge in [0.1, 0.15) is 18.0 Å². The Balaban J connectivity index is 1.51. The summed E-state index contributed by atoms with van der Waals surface area (Å²) in [6.07, 6.45) is 5.53. The third-order valence-corrected chi connectivity index (χ3v) is 5.54. The van der Waals surface area contributed by atoms with Crippen molar-refractivity contribution in [1.29, 1.82) is 0 Å². The van der Waals surface area contributed by atoms with Crippen molar-refractivity contribution >= 4 is 23.3 Å². The van der Waals surface area contributed by atoms with Crippen molar-refractivity contribution in [1.82, 2.24) is 15.3 Å². The predicted molar refractivity (Wildman–Crippen MR) is 98.2 cm³/mol. The molecule has 2 heterocycles. The van der Waals surface area contributed by atoms with E-state index in [-0.39, 0.29) is 16.5 Å². The smallest absolute Gasteiger partial charge is 0.253 e. The largest absolute Gasteiger partial charge is 0.354 e. The molecule has 1 aromatic carbocycles. The van der Waals surface area contributed by atoms with Gasteiger partial charge in [-0.2, -0.15) is 0 Å². The number of fused-ring (bicyclic) bond motifs is 1. The van der Waals surface area contributed by atoms with Crippen molar-refractivity contribution in [2.75, 3.05) is 18.0 Å². The van der Waals surface area contributed by atoms with Gasteiger partial charge in [-0.1, -0.05) is 11.6 Å². The highest BCUT2D eigenvalue weighted by Crippen LogP contribution is 2.32. The first-order valence-corrected chi connectivity index (χ1v) is 9.18. The van der Waals surface area contributed by atoms with Crippen LogP contribution in [0.1, 0.15) is 41.4 Å². The molecule has 0 spiro atoms. The van der Waals surface area contributed by atoms with Gasteiger partial charge in [-0.15, -0.1) is 0 Å². The summed E-state index contributed by atoms with van der Waals surface area (Å²) in [6.45, 7) is 3.45. The molecule has 0 saturated carbocycles. The minimum atomic E-state index is -0.478. The monoisotopic (exact) mass is 374 g/mol. The number of carbonyl (C=O) groups is 1. The van der Waals surface area contributed by atoms with E-state index < -0.39 is 11.4 Å². The standard InChI is InChI=1S/C19H20ClFN4O/c1-19(24-18(26)14-9-12(21)5-6-15(14)20)7-8-25(10-19)17-13-3-2-4-16(13)22-11-23-17/h5-6,9,11H,2-4,7-8,10H2,1H3,(H,24,26). The number of anilines is 1. The van der Waals surface area contributed by atoms with Gasteiger partial charge in [0, 0.05) is 24.3 Å². The van der Waals surface area contributed by atoms with E-state index in [1.807, 2.05) is 6.92 Å². The molecule has 1 saturated heterocycles. The van der Waals surface area contributed by atoms with Crippen molar-refractivity contribution in [3.63, 3.8) is 0 Å². The van der Waals surface area contributed by atoms with Crippen LogP contribution in [0.15, 0.2) is 24.5 Å². The SMILES string of the molecule is CC1(NC(=O)c2cc(F)ccc2Cl)CCN(c2ncnc3c2CCC3)C1. The Labute approximate surface area is 156 Å². The first-order chi connectivity index (χ1) is 12.5. The van der Waals surface area contributed by atoms with Crippen molar-refractivity contribution in [2.24, 2.45) is 0 Å². The zero-order chi connectivity index (χ0) is 18.3. The van der Waals surface area contributed by atoms with Crippen molar-refractivity contribution in [3.8, 4) is 0 Å². The first kappa shape index (κ1) is 17.2. The lowest BCUT2D eigenvalue weighted by Crippen LogP contribution is -2.48. The molecular weight excluding hydrogens is 355 g/mol. The maximum Gasteiger partial charge on any atom is 0.253 e. The minimum Gasteiger partial charge on any atom is -0.354 e. The molecule has 1 fully saturated rings. The van der Waals surface area contributed by atoms with Crippen LogP contribution < -0.4 is 10.2 Å². The Kier molecular flexibility index (Phi) is 4.31. The van der Waals surface area contributed by atoms with Crippen molar-refractivity contribution in [2.45, 2.75) is 38.1 Å². The van der Waals surface area contributed by atoms with Crippen LogP contribution >= 0.6 is 11.6 Å². The molecule has 26 heavy (non-hydrogen) atoms. The summed E-state index contributed by atoms with van der Waals surface area (Å²) in [5.74, 6) is 0.148. The van der Waals surface area contributed by atoms with Crippen LogP contribution in [-0.4, -0.2) is 34.5 Å². The van der Waals surface area contributed by atoms with E-state index in [0.29, 0.717) is 6.54 Å². The fourth-order valence-corrected chi connectivity index (χ4v) is 4.07. The molecule has 4 rings (SSSR count). The summed E-state index contributed by atoms with van der Waals surface area (Å²) in [5, 5.41) is 3.28. The van der Waals surface area contributed by atoms with Gasteiger partial charge in [0.25, 0.3) is 5.91 Å². The van der Waals surface area contributed by atoms with Gasteiger partial charge >= 0.3 is 0 Å². The Morgan fingerprint density at radius 3 is 3.04 bits per heavy atom. The summed E-state index contributed by atoms with van der Waals surface area (Å²) in [6, 6.07) is 3.82. The third kappa shape index (κ3) is 3.14. The highest BCUT2D eigenvalue weighted by Gasteiger charge is 2.37. The predicted octanol–water partition coefficient (Wildman–Crippen LogP) is 3.16. The van der Waals surface area contributed by atoms with Crippen LogP contribution in [0.4, 0.5) is 10.2 Å². The van der Waals surface area contributed by atoms with Crippen LogP contribution in [-0.2, 0) is 12.8 Å². The molecular formula is C19H20ClFN4O. The van der Waals surface area contributed by atoms with Crippen LogP contribution in [0, 0.1) is 5.82 Å². The fraction of sp³-hybridized carbons (Fsp3) is 0.421. The Morgan fingerprint density at radius 2 is 2.19 bits per heavy atom. The molecule has 1 aliphatic heterocycles. The van der Waals surface area contributed by atoms with Gasteiger partial charge in [0.05, 0.1) is 16.1 Å². The van der Waals surface area contributed by atoms with E-state index in [4.69, 9.17) is 11.6 Å². The second-order valence-corrected chi connectivity index (χ2v) is 7.69. The Morgan fingerprint density at radius 1 is 1.35 bits per heavy atom. The first-order valence-electron chi connectivity index (χ1n) is 8.80. The molecule has 0 radical (unpaired) electrons. The molecule has 1 N–H and O–H groups in total. The highest BCUT2D eigenvalue weighted by molar-refractivity contribution is 6.33. The van der Waals surface area contributed by atoms with E-state index in [2.05, 4.69) is 20.2 Å². The van der Waals surface area contributed by atoms with Crippen molar-refractivity contribution < 1.29 is 9.18 Å². The van der Waals surface area contributed by atoms with E-state index in [0.717, 1.165) is 43.7 Å². The summed E-state index contributed by atoms with van der Waals surface area (Å²) < 4.78 is 13.5. The summed E-state index contributed by atoms with van der Waals surface area (Å²) in [4.78, 5) is 23.7. The number of nitrogens with one attached hydrogen (secondary N) is 1. The summed E-state index contributed by atoms with van der Waals surface area (Å²) >= 11 is 6.06. The molecule has 1 aliphatic carbocycles. The third-order valence-electron chi connectivity index (χ3n) is 5.21. The lowest BCUT2D eigenvalue weighted by molar-refractivity contribution is 0.0913. The van der Waals surface area contributed by atoms with E-state index in [1.54, 1.807) is 6.33 Å². The minimum absolute atomic E-state index is 0.161. The molecule has 136 valence electrons. The maximum absolute atomic E-state index is 13.5. The number of hydrogen-bond donors (Lipinski definition) is 1. The number of aryl methyl sites for hydroxylation is 1. The molecule has 2 aliphatic rings.